The summed E-state index contributed by atoms with van der Waals surface area (Å²) in [6.07, 6.45) is 16.0. The van der Waals surface area contributed by atoms with Crippen LogP contribution in [0.3, 0.4) is 0 Å². The minimum absolute atomic E-state index is 0.108. The monoisotopic (exact) mass is 396 g/mol. The van der Waals surface area contributed by atoms with Crippen LogP contribution in [0, 0.1) is 17.8 Å². The van der Waals surface area contributed by atoms with Gasteiger partial charge in [0.2, 0.25) is 0 Å². The molecule has 0 aliphatic heterocycles. The van der Waals surface area contributed by atoms with E-state index in [1.165, 1.54) is 62.5 Å². The molecule has 2 aliphatic rings. The Kier molecular flexibility index (Phi) is 8.39. The Balaban J connectivity index is 1.49. The molecule has 0 bridgehead atoms. The van der Waals surface area contributed by atoms with Gasteiger partial charge in [0.25, 0.3) is 0 Å². The predicted octanol–water partition coefficient (Wildman–Crippen LogP) is 7.82. The van der Waals surface area contributed by atoms with Crippen molar-refractivity contribution in [2.45, 2.75) is 97.5 Å². The number of hydrogen-bond donors (Lipinski definition) is 0. The highest BCUT2D eigenvalue weighted by molar-refractivity contribution is 5.90. The third kappa shape index (κ3) is 6.46. The highest BCUT2D eigenvalue weighted by Gasteiger charge is 2.22. The van der Waals surface area contributed by atoms with E-state index in [-0.39, 0.29) is 12.1 Å². The molecule has 1 atom stereocenters. The normalized spacial score (nSPS) is 25.0. The number of allylic oxidation sites excluding steroid dienone is 2. The first-order chi connectivity index (χ1) is 14.1. The summed E-state index contributed by atoms with van der Waals surface area (Å²) in [5.74, 6) is 2.37. The topological polar surface area (TPSA) is 26.3 Å². The molecule has 0 heterocycles. The molecule has 2 nitrogen and oxygen atoms in total. The Morgan fingerprint density at radius 2 is 1.72 bits per heavy atom. The van der Waals surface area contributed by atoms with Crippen LogP contribution in [0.5, 0.6) is 0 Å². The number of rotatable bonds is 8. The highest BCUT2D eigenvalue weighted by atomic mass is 16.5. The molecule has 0 aromatic heterocycles. The van der Waals surface area contributed by atoms with Gasteiger partial charge in [-0.05, 0) is 92.4 Å². The van der Waals surface area contributed by atoms with Crippen LogP contribution in [-0.2, 0) is 4.74 Å². The van der Waals surface area contributed by atoms with Crippen molar-refractivity contribution in [1.29, 1.82) is 0 Å². The second-order valence-corrected chi connectivity index (χ2v) is 9.49. The van der Waals surface area contributed by atoms with Crippen LogP contribution < -0.4 is 0 Å². The van der Waals surface area contributed by atoms with Gasteiger partial charge in [-0.1, -0.05) is 58.2 Å². The Labute approximate surface area is 178 Å². The van der Waals surface area contributed by atoms with E-state index in [0.29, 0.717) is 5.56 Å². The minimum atomic E-state index is -0.157. The molecule has 160 valence electrons. The SMILES string of the molecule is CCC(CC)CCC1CC=C(c2ccc(C(=O)OC3CCC(C)CC3)cc2)CC1. The molecule has 1 unspecified atom stereocenters. The first kappa shape index (κ1) is 22.1. The first-order valence-corrected chi connectivity index (χ1v) is 12.1. The summed E-state index contributed by atoms with van der Waals surface area (Å²) in [4.78, 5) is 12.5. The zero-order valence-electron chi connectivity index (χ0n) is 18.8. The average Bonchev–Trinajstić information content (AvgIpc) is 2.76. The molecule has 2 heteroatoms. The number of carbonyl (C=O) groups excluding carboxylic acids is 1. The number of esters is 1. The van der Waals surface area contributed by atoms with Crippen LogP contribution >= 0.6 is 0 Å². The number of carbonyl (C=O) groups is 1. The van der Waals surface area contributed by atoms with Gasteiger partial charge >= 0.3 is 5.97 Å². The quantitative estimate of drug-likeness (QED) is 0.419. The van der Waals surface area contributed by atoms with Crippen molar-refractivity contribution in [3.8, 4) is 0 Å². The van der Waals surface area contributed by atoms with Crippen molar-refractivity contribution in [2.24, 2.45) is 17.8 Å². The van der Waals surface area contributed by atoms with Gasteiger partial charge in [-0.3, -0.25) is 0 Å². The van der Waals surface area contributed by atoms with Gasteiger partial charge in [-0.25, -0.2) is 4.79 Å². The minimum Gasteiger partial charge on any atom is -0.459 e. The highest BCUT2D eigenvalue weighted by Crippen LogP contribution is 2.34. The Morgan fingerprint density at radius 1 is 1.03 bits per heavy atom. The van der Waals surface area contributed by atoms with Crippen LogP contribution in [0.4, 0.5) is 0 Å². The van der Waals surface area contributed by atoms with E-state index in [9.17, 15) is 4.79 Å². The van der Waals surface area contributed by atoms with E-state index >= 15 is 0 Å². The zero-order valence-corrected chi connectivity index (χ0v) is 18.8. The lowest BCUT2D eigenvalue weighted by Gasteiger charge is -2.26. The van der Waals surface area contributed by atoms with E-state index in [0.717, 1.165) is 37.0 Å². The lowest BCUT2D eigenvalue weighted by molar-refractivity contribution is 0.0174. The molecule has 3 rings (SSSR count). The van der Waals surface area contributed by atoms with Crippen LogP contribution in [0.1, 0.15) is 107 Å². The second kappa shape index (κ2) is 11.0. The Hall–Kier alpha value is -1.57. The number of benzene rings is 1. The Bertz CT molecular complexity index is 660. The van der Waals surface area contributed by atoms with Crippen molar-refractivity contribution in [2.75, 3.05) is 0 Å². The molecule has 0 amide bonds. The van der Waals surface area contributed by atoms with Gasteiger partial charge in [-0.15, -0.1) is 0 Å². The van der Waals surface area contributed by atoms with Gasteiger partial charge in [0.05, 0.1) is 5.56 Å². The smallest absolute Gasteiger partial charge is 0.338 e. The van der Waals surface area contributed by atoms with Crippen molar-refractivity contribution in [3.63, 3.8) is 0 Å². The standard InChI is InChI=1S/C27H40O2/c1-4-21(5-2)8-9-22-10-12-23(13-11-22)24-14-16-25(17-15-24)27(28)29-26-18-6-20(3)7-19-26/h12,14-17,20-22,26H,4-11,13,18-19H2,1-3H3. The summed E-state index contributed by atoms with van der Waals surface area (Å²) < 4.78 is 5.74. The Morgan fingerprint density at radius 3 is 2.31 bits per heavy atom. The summed E-state index contributed by atoms with van der Waals surface area (Å²) in [5.41, 5.74) is 3.41. The molecule has 1 aromatic carbocycles. The molecular weight excluding hydrogens is 356 g/mol. The van der Waals surface area contributed by atoms with E-state index in [2.05, 4.69) is 39.0 Å². The zero-order chi connectivity index (χ0) is 20.6. The van der Waals surface area contributed by atoms with Crippen LogP contribution in [0.15, 0.2) is 30.3 Å². The van der Waals surface area contributed by atoms with Crippen LogP contribution in [-0.4, -0.2) is 12.1 Å². The van der Waals surface area contributed by atoms with Gasteiger partial charge in [0.1, 0.15) is 6.10 Å². The lowest BCUT2D eigenvalue weighted by atomic mass is 9.82. The van der Waals surface area contributed by atoms with Crippen LogP contribution in [0.2, 0.25) is 0 Å². The third-order valence-electron chi connectivity index (χ3n) is 7.39. The van der Waals surface area contributed by atoms with Gasteiger partial charge in [-0.2, -0.15) is 0 Å². The third-order valence-corrected chi connectivity index (χ3v) is 7.39. The van der Waals surface area contributed by atoms with Crippen molar-refractivity contribution in [3.05, 3.63) is 41.5 Å². The number of ether oxygens (including phenoxy) is 1. The predicted molar refractivity (Wildman–Crippen MR) is 122 cm³/mol. The van der Waals surface area contributed by atoms with Crippen molar-refractivity contribution in [1.82, 2.24) is 0 Å². The van der Waals surface area contributed by atoms with Gasteiger partial charge in [0, 0.05) is 0 Å². The maximum atomic E-state index is 12.5. The molecule has 0 N–H and O–H groups in total. The molecule has 29 heavy (non-hydrogen) atoms. The van der Waals surface area contributed by atoms with E-state index in [1.54, 1.807) is 0 Å². The molecule has 0 radical (unpaired) electrons. The summed E-state index contributed by atoms with van der Waals surface area (Å²) in [5, 5.41) is 0. The maximum absolute atomic E-state index is 12.5. The van der Waals surface area contributed by atoms with Gasteiger partial charge in [0.15, 0.2) is 0 Å². The van der Waals surface area contributed by atoms with Crippen molar-refractivity contribution >= 4 is 11.5 Å². The molecule has 0 spiro atoms. The van der Waals surface area contributed by atoms with E-state index < -0.39 is 0 Å². The second-order valence-electron chi connectivity index (χ2n) is 9.49. The molecule has 2 aliphatic carbocycles. The fraction of sp³-hybridized carbons (Fsp3) is 0.667. The summed E-state index contributed by atoms with van der Waals surface area (Å²) in [6.45, 7) is 6.93. The number of hydrogen-bond acceptors (Lipinski definition) is 2. The average molecular weight is 397 g/mol. The molecule has 0 saturated heterocycles. The largest absolute Gasteiger partial charge is 0.459 e. The molecule has 1 saturated carbocycles. The van der Waals surface area contributed by atoms with Crippen molar-refractivity contribution < 1.29 is 9.53 Å². The fourth-order valence-corrected chi connectivity index (χ4v) is 4.97. The lowest BCUT2D eigenvalue weighted by Crippen LogP contribution is -2.23. The van der Waals surface area contributed by atoms with Gasteiger partial charge < -0.3 is 4.74 Å². The van der Waals surface area contributed by atoms with E-state index in [4.69, 9.17) is 4.74 Å². The summed E-state index contributed by atoms with van der Waals surface area (Å²) in [6, 6.07) is 8.11. The van der Waals surface area contributed by atoms with Crippen LogP contribution in [0.25, 0.3) is 5.57 Å². The maximum Gasteiger partial charge on any atom is 0.338 e. The first-order valence-electron chi connectivity index (χ1n) is 12.1. The fourth-order valence-electron chi connectivity index (χ4n) is 4.97. The summed E-state index contributed by atoms with van der Waals surface area (Å²) in [7, 11) is 0. The molecular formula is C27H40O2. The molecule has 1 aromatic rings. The summed E-state index contributed by atoms with van der Waals surface area (Å²) >= 11 is 0. The van der Waals surface area contributed by atoms with E-state index in [1.807, 2.05) is 12.1 Å². The molecule has 1 fully saturated rings.